The molecule has 1 aliphatic rings. The molecule has 1 aromatic heterocycles. The SMILES string of the molecule is NC1CCC(c2ccc3oc(=O)[nH]c3c2)CC1. The highest BCUT2D eigenvalue weighted by molar-refractivity contribution is 5.72. The first-order chi connectivity index (χ1) is 8.22. The van der Waals surface area contributed by atoms with Gasteiger partial charge in [0.25, 0.3) is 0 Å². The van der Waals surface area contributed by atoms with Crippen molar-refractivity contribution in [2.75, 3.05) is 0 Å². The highest BCUT2D eigenvalue weighted by Crippen LogP contribution is 2.33. The van der Waals surface area contributed by atoms with Crippen LogP contribution in [-0.4, -0.2) is 11.0 Å². The number of oxazole rings is 1. The van der Waals surface area contributed by atoms with Crippen LogP contribution >= 0.6 is 0 Å². The van der Waals surface area contributed by atoms with Crippen LogP contribution < -0.4 is 11.5 Å². The first-order valence-corrected chi connectivity index (χ1v) is 6.11. The van der Waals surface area contributed by atoms with Crippen LogP contribution in [0.25, 0.3) is 11.1 Å². The second-order valence-electron chi connectivity index (χ2n) is 4.88. The standard InChI is InChI=1S/C13H16N2O2/c14-10-4-1-8(2-5-10)9-3-6-12-11(7-9)15-13(16)17-12/h3,6-8,10H,1-2,4-5,14H2,(H,15,16). The van der Waals surface area contributed by atoms with Crippen molar-refractivity contribution >= 4 is 11.1 Å². The van der Waals surface area contributed by atoms with E-state index in [0.717, 1.165) is 31.2 Å². The average Bonchev–Trinajstić information content (AvgIpc) is 2.69. The molecule has 1 saturated carbocycles. The number of hydrogen-bond acceptors (Lipinski definition) is 3. The highest BCUT2D eigenvalue weighted by Gasteiger charge is 2.20. The van der Waals surface area contributed by atoms with E-state index in [9.17, 15) is 4.79 Å². The molecule has 3 N–H and O–H groups in total. The van der Waals surface area contributed by atoms with Gasteiger partial charge in [0.1, 0.15) is 0 Å². The van der Waals surface area contributed by atoms with Gasteiger partial charge in [-0.3, -0.25) is 4.98 Å². The van der Waals surface area contributed by atoms with Gasteiger partial charge >= 0.3 is 5.76 Å². The van der Waals surface area contributed by atoms with Crippen LogP contribution in [-0.2, 0) is 0 Å². The minimum Gasteiger partial charge on any atom is -0.408 e. The number of aromatic nitrogens is 1. The maximum Gasteiger partial charge on any atom is 0.417 e. The largest absolute Gasteiger partial charge is 0.417 e. The van der Waals surface area contributed by atoms with E-state index in [-0.39, 0.29) is 5.76 Å². The Kier molecular flexibility index (Phi) is 2.52. The Morgan fingerprint density at radius 1 is 1.24 bits per heavy atom. The molecule has 1 heterocycles. The summed E-state index contributed by atoms with van der Waals surface area (Å²) in [6, 6.07) is 6.32. The third kappa shape index (κ3) is 2.00. The van der Waals surface area contributed by atoms with Crippen molar-refractivity contribution in [3.63, 3.8) is 0 Å². The van der Waals surface area contributed by atoms with Gasteiger partial charge in [-0.05, 0) is 49.3 Å². The lowest BCUT2D eigenvalue weighted by molar-refractivity contribution is 0.396. The second kappa shape index (κ2) is 4.04. The van der Waals surface area contributed by atoms with Crippen molar-refractivity contribution in [3.8, 4) is 0 Å². The minimum absolute atomic E-state index is 0.365. The molecule has 17 heavy (non-hydrogen) atoms. The molecule has 0 spiro atoms. The highest BCUT2D eigenvalue weighted by atomic mass is 16.4. The Labute approximate surface area is 98.8 Å². The van der Waals surface area contributed by atoms with E-state index >= 15 is 0 Å². The zero-order valence-corrected chi connectivity index (χ0v) is 9.61. The summed E-state index contributed by atoms with van der Waals surface area (Å²) < 4.78 is 5.00. The van der Waals surface area contributed by atoms with Crippen LogP contribution in [0, 0.1) is 0 Å². The number of fused-ring (bicyclic) bond motifs is 1. The maximum atomic E-state index is 11.1. The fraction of sp³-hybridized carbons (Fsp3) is 0.462. The van der Waals surface area contributed by atoms with Crippen molar-refractivity contribution in [1.82, 2.24) is 4.98 Å². The number of benzene rings is 1. The Balaban J connectivity index is 1.92. The summed E-state index contributed by atoms with van der Waals surface area (Å²) >= 11 is 0. The Hall–Kier alpha value is -1.55. The molecule has 0 bridgehead atoms. The second-order valence-corrected chi connectivity index (χ2v) is 4.88. The fourth-order valence-electron chi connectivity index (χ4n) is 2.68. The predicted molar refractivity (Wildman–Crippen MR) is 66.0 cm³/mol. The molecule has 0 aliphatic heterocycles. The summed E-state index contributed by atoms with van der Waals surface area (Å²) in [4.78, 5) is 13.8. The van der Waals surface area contributed by atoms with Gasteiger partial charge in [-0.25, -0.2) is 4.79 Å². The molecule has 0 atom stereocenters. The molecular weight excluding hydrogens is 216 g/mol. The smallest absolute Gasteiger partial charge is 0.408 e. The van der Waals surface area contributed by atoms with Crippen molar-refractivity contribution in [2.24, 2.45) is 5.73 Å². The van der Waals surface area contributed by atoms with Crippen molar-refractivity contribution in [3.05, 3.63) is 34.3 Å². The monoisotopic (exact) mass is 232 g/mol. The third-order valence-corrected chi connectivity index (χ3v) is 3.69. The Bertz CT molecular complexity index is 576. The van der Waals surface area contributed by atoms with E-state index in [0.29, 0.717) is 17.5 Å². The molecule has 1 fully saturated rings. The summed E-state index contributed by atoms with van der Waals surface area (Å²) in [7, 11) is 0. The molecule has 4 nitrogen and oxygen atoms in total. The number of nitrogens with one attached hydrogen (secondary N) is 1. The normalized spacial score (nSPS) is 25.2. The molecule has 0 radical (unpaired) electrons. The summed E-state index contributed by atoms with van der Waals surface area (Å²) in [5, 5.41) is 0. The van der Waals surface area contributed by atoms with Gasteiger partial charge in [-0.15, -0.1) is 0 Å². The molecule has 0 unspecified atom stereocenters. The van der Waals surface area contributed by atoms with E-state index in [2.05, 4.69) is 11.1 Å². The number of H-pyrrole nitrogens is 1. The van der Waals surface area contributed by atoms with Gasteiger partial charge in [0, 0.05) is 6.04 Å². The summed E-state index contributed by atoms with van der Waals surface area (Å²) in [6.07, 6.45) is 4.44. The van der Waals surface area contributed by atoms with Crippen molar-refractivity contribution in [1.29, 1.82) is 0 Å². The quantitative estimate of drug-likeness (QED) is 0.791. The number of aromatic amines is 1. The Morgan fingerprint density at radius 2 is 2.00 bits per heavy atom. The van der Waals surface area contributed by atoms with E-state index in [1.807, 2.05) is 12.1 Å². The van der Waals surface area contributed by atoms with E-state index < -0.39 is 0 Å². The number of rotatable bonds is 1. The molecule has 0 saturated heterocycles. The lowest BCUT2D eigenvalue weighted by Gasteiger charge is -2.26. The topological polar surface area (TPSA) is 72.0 Å². The molecule has 3 rings (SSSR count). The van der Waals surface area contributed by atoms with Crippen LogP contribution in [0.15, 0.2) is 27.4 Å². The van der Waals surface area contributed by atoms with E-state index in [1.54, 1.807) is 0 Å². The third-order valence-electron chi connectivity index (χ3n) is 3.69. The molecular formula is C13H16N2O2. The molecule has 4 heteroatoms. The number of hydrogen-bond donors (Lipinski definition) is 2. The van der Waals surface area contributed by atoms with Crippen LogP contribution in [0.2, 0.25) is 0 Å². The lowest BCUT2D eigenvalue weighted by atomic mass is 9.82. The molecule has 90 valence electrons. The lowest BCUT2D eigenvalue weighted by Crippen LogP contribution is -2.25. The molecule has 1 aromatic carbocycles. The zero-order valence-electron chi connectivity index (χ0n) is 9.61. The predicted octanol–water partition coefficient (Wildman–Crippen LogP) is 2.11. The van der Waals surface area contributed by atoms with Crippen LogP contribution in [0.1, 0.15) is 37.2 Å². The fourth-order valence-corrected chi connectivity index (χ4v) is 2.68. The summed E-state index contributed by atoms with van der Waals surface area (Å²) in [5.41, 5.74) is 8.61. The van der Waals surface area contributed by atoms with Crippen LogP contribution in [0.4, 0.5) is 0 Å². The molecule has 0 amide bonds. The summed E-state index contributed by atoms with van der Waals surface area (Å²) in [6.45, 7) is 0. The van der Waals surface area contributed by atoms with Gasteiger partial charge in [0.15, 0.2) is 5.58 Å². The van der Waals surface area contributed by atoms with E-state index in [4.69, 9.17) is 10.2 Å². The summed E-state index contributed by atoms with van der Waals surface area (Å²) in [5.74, 6) is 0.181. The van der Waals surface area contributed by atoms with Gasteiger partial charge in [0.05, 0.1) is 5.52 Å². The van der Waals surface area contributed by atoms with Crippen molar-refractivity contribution in [2.45, 2.75) is 37.6 Å². The van der Waals surface area contributed by atoms with Gasteiger partial charge in [-0.1, -0.05) is 6.07 Å². The first kappa shape index (κ1) is 10.6. The average molecular weight is 232 g/mol. The van der Waals surface area contributed by atoms with Gasteiger partial charge in [0.2, 0.25) is 0 Å². The van der Waals surface area contributed by atoms with Gasteiger partial charge in [-0.2, -0.15) is 0 Å². The Morgan fingerprint density at radius 3 is 2.76 bits per heavy atom. The van der Waals surface area contributed by atoms with Crippen LogP contribution in [0.3, 0.4) is 0 Å². The van der Waals surface area contributed by atoms with Crippen molar-refractivity contribution < 1.29 is 4.42 Å². The van der Waals surface area contributed by atoms with Gasteiger partial charge < -0.3 is 10.2 Å². The first-order valence-electron chi connectivity index (χ1n) is 6.11. The van der Waals surface area contributed by atoms with Crippen LogP contribution in [0.5, 0.6) is 0 Å². The molecule has 2 aromatic rings. The molecule has 1 aliphatic carbocycles. The van der Waals surface area contributed by atoms with E-state index in [1.165, 1.54) is 5.56 Å². The zero-order chi connectivity index (χ0) is 11.8. The maximum absolute atomic E-state index is 11.1. The number of nitrogens with two attached hydrogens (primary N) is 1. The minimum atomic E-state index is -0.386.